The van der Waals surface area contributed by atoms with Crippen LogP contribution in [0, 0.1) is 0 Å². The van der Waals surface area contributed by atoms with E-state index >= 15 is 0 Å². The summed E-state index contributed by atoms with van der Waals surface area (Å²) in [6.45, 7) is 2.05. The van der Waals surface area contributed by atoms with Gasteiger partial charge in [0, 0.05) is 15.3 Å². The zero-order valence-electron chi connectivity index (χ0n) is 9.96. The third-order valence-electron chi connectivity index (χ3n) is 2.79. The molecule has 1 aromatic carbocycles. The summed E-state index contributed by atoms with van der Waals surface area (Å²) in [4.78, 5) is 13.1. The molecule has 0 fully saturated rings. The minimum absolute atomic E-state index is 0.149. The van der Waals surface area contributed by atoms with Crippen LogP contribution in [0.5, 0.6) is 0 Å². The molecule has 0 spiro atoms. The molecule has 0 saturated carbocycles. The standard InChI is InChI=1S/C14H14O3S/c1-2-9-7-8-12(18-9)13(15)10-5-3-4-6-11(10)14(16)17/h3-8,13,15H,2H2,1H3,(H,16,17)/t13-/m0/s1. The number of carbonyl (C=O) groups is 1. The smallest absolute Gasteiger partial charge is 0.336 e. The third-order valence-corrected chi connectivity index (χ3v) is 4.07. The molecule has 0 amide bonds. The van der Waals surface area contributed by atoms with Gasteiger partial charge in [0.15, 0.2) is 0 Å². The van der Waals surface area contributed by atoms with E-state index < -0.39 is 12.1 Å². The quantitative estimate of drug-likeness (QED) is 0.890. The van der Waals surface area contributed by atoms with Gasteiger partial charge < -0.3 is 10.2 Å². The van der Waals surface area contributed by atoms with Crippen LogP contribution < -0.4 is 0 Å². The molecule has 4 heteroatoms. The van der Waals surface area contributed by atoms with Crippen LogP contribution in [0.4, 0.5) is 0 Å². The average molecular weight is 262 g/mol. The van der Waals surface area contributed by atoms with Crippen LogP contribution in [0.2, 0.25) is 0 Å². The number of hydrogen-bond donors (Lipinski definition) is 2. The van der Waals surface area contributed by atoms with Crippen molar-refractivity contribution in [2.24, 2.45) is 0 Å². The minimum Gasteiger partial charge on any atom is -0.478 e. The fourth-order valence-electron chi connectivity index (χ4n) is 1.81. The number of aromatic carboxylic acids is 1. The molecule has 0 radical (unpaired) electrons. The van der Waals surface area contributed by atoms with Gasteiger partial charge in [0.1, 0.15) is 6.10 Å². The number of aliphatic hydroxyl groups is 1. The second-order valence-corrected chi connectivity index (χ2v) is 5.15. The number of hydrogen-bond acceptors (Lipinski definition) is 3. The first-order chi connectivity index (χ1) is 8.63. The molecular weight excluding hydrogens is 248 g/mol. The predicted octanol–water partition coefficient (Wildman–Crippen LogP) is 3.09. The highest BCUT2D eigenvalue weighted by Crippen LogP contribution is 2.30. The second kappa shape index (κ2) is 5.33. The van der Waals surface area contributed by atoms with Crippen molar-refractivity contribution in [2.45, 2.75) is 19.4 Å². The normalized spacial score (nSPS) is 12.3. The molecule has 0 saturated heterocycles. The molecular formula is C14H14O3S. The van der Waals surface area contributed by atoms with Crippen molar-refractivity contribution in [1.29, 1.82) is 0 Å². The van der Waals surface area contributed by atoms with E-state index in [2.05, 4.69) is 0 Å². The Labute approximate surface area is 109 Å². The lowest BCUT2D eigenvalue weighted by Crippen LogP contribution is -2.06. The maximum absolute atomic E-state index is 11.1. The number of aryl methyl sites for hydroxylation is 1. The van der Waals surface area contributed by atoms with Crippen LogP contribution in [-0.2, 0) is 6.42 Å². The summed E-state index contributed by atoms with van der Waals surface area (Å²) in [5.41, 5.74) is 0.589. The van der Waals surface area contributed by atoms with Crippen molar-refractivity contribution in [3.8, 4) is 0 Å². The van der Waals surface area contributed by atoms with Crippen LogP contribution in [-0.4, -0.2) is 16.2 Å². The Morgan fingerprint density at radius 1 is 1.28 bits per heavy atom. The maximum Gasteiger partial charge on any atom is 0.336 e. The summed E-state index contributed by atoms with van der Waals surface area (Å²) in [7, 11) is 0. The van der Waals surface area contributed by atoms with E-state index in [-0.39, 0.29) is 5.56 Å². The van der Waals surface area contributed by atoms with E-state index in [4.69, 9.17) is 5.11 Å². The largest absolute Gasteiger partial charge is 0.478 e. The van der Waals surface area contributed by atoms with Gasteiger partial charge in [-0.15, -0.1) is 11.3 Å². The summed E-state index contributed by atoms with van der Waals surface area (Å²) in [6.07, 6.45) is 0.0421. The molecule has 3 nitrogen and oxygen atoms in total. The van der Waals surface area contributed by atoms with Crippen molar-refractivity contribution >= 4 is 17.3 Å². The highest BCUT2D eigenvalue weighted by molar-refractivity contribution is 7.12. The Morgan fingerprint density at radius 3 is 2.61 bits per heavy atom. The van der Waals surface area contributed by atoms with E-state index in [1.54, 1.807) is 18.2 Å². The van der Waals surface area contributed by atoms with Gasteiger partial charge in [-0.2, -0.15) is 0 Å². The topological polar surface area (TPSA) is 57.5 Å². The van der Waals surface area contributed by atoms with Crippen molar-refractivity contribution in [3.63, 3.8) is 0 Å². The zero-order chi connectivity index (χ0) is 13.1. The Kier molecular flexibility index (Phi) is 3.79. The first-order valence-corrected chi connectivity index (χ1v) is 6.54. The van der Waals surface area contributed by atoms with E-state index in [9.17, 15) is 9.90 Å². The molecule has 0 bridgehead atoms. The van der Waals surface area contributed by atoms with E-state index in [0.29, 0.717) is 5.56 Å². The predicted molar refractivity (Wildman–Crippen MR) is 71.2 cm³/mol. The van der Waals surface area contributed by atoms with Gasteiger partial charge in [0.05, 0.1) is 5.56 Å². The summed E-state index contributed by atoms with van der Waals surface area (Å²) in [5.74, 6) is -1.02. The SMILES string of the molecule is CCc1ccc([C@@H](O)c2ccccc2C(=O)O)s1. The summed E-state index contributed by atoms with van der Waals surface area (Å²) in [6, 6.07) is 10.4. The van der Waals surface area contributed by atoms with Gasteiger partial charge in [-0.05, 0) is 24.6 Å². The molecule has 2 aromatic rings. The Morgan fingerprint density at radius 2 is 2.00 bits per heavy atom. The molecule has 2 rings (SSSR count). The lowest BCUT2D eigenvalue weighted by atomic mass is 10.0. The number of thiophene rings is 1. The molecule has 0 aliphatic rings. The fourth-order valence-corrected chi connectivity index (χ4v) is 2.77. The molecule has 1 atom stereocenters. The van der Waals surface area contributed by atoms with Gasteiger partial charge in [0.2, 0.25) is 0 Å². The number of carboxylic acid groups (broad SMARTS) is 1. The molecule has 2 N–H and O–H groups in total. The lowest BCUT2D eigenvalue weighted by Gasteiger charge is -2.11. The Hall–Kier alpha value is -1.65. The lowest BCUT2D eigenvalue weighted by molar-refractivity contribution is 0.0691. The van der Waals surface area contributed by atoms with Crippen LogP contribution in [0.15, 0.2) is 36.4 Å². The zero-order valence-corrected chi connectivity index (χ0v) is 10.8. The second-order valence-electron chi connectivity index (χ2n) is 3.95. The number of benzene rings is 1. The minimum atomic E-state index is -1.02. The summed E-state index contributed by atoms with van der Waals surface area (Å²) < 4.78 is 0. The maximum atomic E-state index is 11.1. The molecule has 0 unspecified atom stereocenters. The summed E-state index contributed by atoms with van der Waals surface area (Å²) in [5, 5.41) is 19.4. The van der Waals surface area contributed by atoms with E-state index in [1.165, 1.54) is 22.3 Å². The molecule has 18 heavy (non-hydrogen) atoms. The van der Waals surface area contributed by atoms with Gasteiger partial charge in [-0.3, -0.25) is 0 Å². The van der Waals surface area contributed by atoms with Gasteiger partial charge >= 0.3 is 5.97 Å². The van der Waals surface area contributed by atoms with Crippen molar-refractivity contribution in [1.82, 2.24) is 0 Å². The fraction of sp³-hybridized carbons (Fsp3) is 0.214. The van der Waals surface area contributed by atoms with Gasteiger partial charge in [-0.25, -0.2) is 4.79 Å². The molecule has 0 aliphatic heterocycles. The average Bonchev–Trinajstić information content (AvgIpc) is 2.86. The molecule has 1 aromatic heterocycles. The Bertz CT molecular complexity index is 560. The van der Waals surface area contributed by atoms with Crippen LogP contribution in [0.1, 0.15) is 38.7 Å². The van der Waals surface area contributed by atoms with Crippen LogP contribution in [0.25, 0.3) is 0 Å². The molecule has 1 heterocycles. The van der Waals surface area contributed by atoms with Crippen LogP contribution >= 0.6 is 11.3 Å². The third kappa shape index (κ3) is 2.44. The van der Waals surface area contributed by atoms with Crippen molar-refractivity contribution < 1.29 is 15.0 Å². The van der Waals surface area contributed by atoms with Crippen molar-refractivity contribution in [2.75, 3.05) is 0 Å². The molecule has 94 valence electrons. The Balaban J connectivity index is 2.39. The number of aliphatic hydroxyl groups excluding tert-OH is 1. The number of carboxylic acids is 1. The van der Waals surface area contributed by atoms with E-state index in [0.717, 1.165) is 11.3 Å². The van der Waals surface area contributed by atoms with Crippen molar-refractivity contribution in [3.05, 3.63) is 57.3 Å². The van der Waals surface area contributed by atoms with Crippen LogP contribution in [0.3, 0.4) is 0 Å². The van der Waals surface area contributed by atoms with E-state index in [1.807, 2.05) is 19.1 Å². The van der Waals surface area contributed by atoms with Gasteiger partial charge in [-0.1, -0.05) is 25.1 Å². The summed E-state index contributed by atoms with van der Waals surface area (Å²) >= 11 is 1.51. The molecule has 0 aliphatic carbocycles. The monoisotopic (exact) mass is 262 g/mol. The highest BCUT2D eigenvalue weighted by atomic mass is 32.1. The first-order valence-electron chi connectivity index (χ1n) is 5.72. The highest BCUT2D eigenvalue weighted by Gasteiger charge is 2.19. The van der Waals surface area contributed by atoms with Gasteiger partial charge in [0.25, 0.3) is 0 Å². The first kappa shape index (κ1) is 12.8. The number of rotatable bonds is 4.